The Kier molecular flexibility index (Phi) is 4.10. The van der Waals surface area contributed by atoms with Crippen LogP contribution in [0.2, 0.25) is 0 Å². The average molecular weight is 307 g/mol. The number of nitro groups is 1. The summed E-state index contributed by atoms with van der Waals surface area (Å²) in [5, 5.41) is 14.9. The Morgan fingerprint density at radius 3 is 3.00 bits per heavy atom. The number of carbonyl (C=O) groups excluding carboxylic acids is 1. The van der Waals surface area contributed by atoms with Crippen LogP contribution >= 0.6 is 0 Å². The Morgan fingerprint density at radius 2 is 2.27 bits per heavy atom. The van der Waals surface area contributed by atoms with Gasteiger partial charge >= 0.3 is 5.69 Å². The molecule has 2 aliphatic heterocycles. The van der Waals surface area contributed by atoms with E-state index < -0.39 is 4.92 Å². The van der Waals surface area contributed by atoms with Crippen LogP contribution < -0.4 is 0 Å². The van der Waals surface area contributed by atoms with Gasteiger partial charge in [-0.1, -0.05) is 0 Å². The Hall–Kier alpha value is -1.96. The van der Waals surface area contributed by atoms with Crippen molar-refractivity contribution >= 4 is 11.6 Å². The maximum absolute atomic E-state index is 12.3. The zero-order valence-electron chi connectivity index (χ0n) is 12.8. The first-order chi connectivity index (χ1) is 10.5. The van der Waals surface area contributed by atoms with Crippen molar-refractivity contribution in [3.63, 3.8) is 0 Å². The van der Waals surface area contributed by atoms with Crippen molar-refractivity contribution < 1.29 is 9.72 Å². The van der Waals surface area contributed by atoms with E-state index in [0.29, 0.717) is 24.7 Å². The minimum atomic E-state index is -0.444. The lowest BCUT2D eigenvalue weighted by molar-refractivity contribution is -0.385. The summed E-state index contributed by atoms with van der Waals surface area (Å²) >= 11 is 0. The molecule has 3 heterocycles. The molecular formula is C14H21N5O3. The van der Waals surface area contributed by atoms with Crippen molar-refractivity contribution in [1.29, 1.82) is 0 Å². The van der Waals surface area contributed by atoms with Gasteiger partial charge < -0.3 is 4.90 Å². The van der Waals surface area contributed by atoms with E-state index in [4.69, 9.17) is 0 Å². The summed E-state index contributed by atoms with van der Waals surface area (Å²) in [7, 11) is 0. The zero-order chi connectivity index (χ0) is 15.7. The number of fused-ring (bicyclic) bond motifs is 1. The van der Waals surface area contributed by atoms with Gasteiger partial charge in [0.25, 0.3) is 0 Å². The molecule has 3 rings (SSSR count). The smallest absolute Gasteiger partial charge is 0.309 e. The highest BCUT2D eigenvalue weighted by Gasteiger charge is 2.32. The van der Waals surface area contributed by atoms with Crippen LogP contribution in [0, 0.1) is 17.0 Å². The van der Waals surface area contributed by atoms with E-state index in [1.807, 2.05) is 4.90 Å². The van der Waals surface area contributed by atoms with Crippen LogP contribution in [0.1, 0.15) is 25.0 Å². The summed E-state index contributed by atoms with van der Waals surface area (Å²) in [5.74, 6) is 0.113. The molecule has 1 amide bonds. The maximum Gasteiger partial charge on any atom is 0.309 e. The number of hydrogen-bond acceptors (Lipinski definition) is 5. The molecule has 2 saturated heterocycles. The molecule has 2 fully saturated rings. The first kappa shape index (κ1) is 15.0. The van der Waals surface area contributed by atoms with Gasteiger partial charge in [0.1, 0.15) is 11.9 Å². The summed E-state index contributed by atoms with van der Waals surface area (Å²) in [4.78, 5) is 27.1. The Labute approximate surface area is 128 Å². The number of rotatable bonds is 4. The second-order valence-corrected chi connectivity index (χ2v) is 6.04. The second-order valence-electron chi connectivity index (χ2n) is 6.04. The van der Waals surface area contributed by atoms with E-state index in [9.17, 15) is 14.9 Å². The molecule has 8 nitrogen and oxygen atoms in total. The lowest BCUT2D eigenvalue weighted by atomic mass is 10.1. The molecule has 0 aromatic carbocycles. The van der Waals surface area contributed by atoms with Crippen molar-refractivity contribution in [3.8, 4) is 0 Å². The first-order valence-corrected chi connectivity index (χ1v) is 7.75. The highest BCUT2D eigenvalue weighted by Crippen LogP contribution is 2.22. The molecule has 1 atom stereocenters. The molecule has 2 aliphatic rings. The van der Waals surface area contributed by atoms with Gasteiger partial charge in [-0.2, -0.15) is 5.10 Å². The van der Waals surface area contributed by atoms with Crippen LogP contribution in [0.15, 0.2) is 6.20 Å². The van der Waals surface area contributed by atoms with Crippen LogP contribution in [0.25, 0.3) is 0 Å². The summed E-state index contributed by atoms with van der Waals surface area (Å²) < 4.78 is 1.50. The fourth-order valence-electron chi connectivity index (χ4n) is 3.39. The van der Waals surface area contributed by atoms with Gasteiger partial charge in [-0.15, -0.1) is 0 Å². The summed E-state index contributed by atoms with van der Waals surface area (Å²) in [6.07, 6.45) is 4.14. The molecule has 0 radical (unpaired) electrons. The van der Waals surface area contributed by atoms with E-state index in [1.165, 1.54) is 23.7 Å². The lowest BCUT2D eigenvalue weighted by Gasteiger charge is -2.37. The molecule has 1 aromatic rings. The molecule has 0 spiro atoms. The van der Waals surface area contributed by atoms with E-state index >= 15 is 0 Å². The van der Waals surface area contributed by atoms with Gasteiger partial charge in [0, 0.05) is 38.6 Å². The minimum absolute atomic E-state index is 0.00650. The molecular weight excluding hydrogens is 286 g/mol. The van der Waals surface area contributed by atoms with Crippen molar-refractivity contribution in [1.82, 2.24) is 19.6 Å². The fourth-order valence-corrected chi connectivity index (χ4v) is 3.39. The molecule has 8 heteroatoms. The van der Waals surface area contributed by atoms with Crippen molar-refractivity contribution in [2.24, 2.45) is 0 Å². The van der Waals surface area contributed by atoms with E-state index in [-0.39, 0.29) is 11.6 Å². The van der Waals surface area contributed by atoms with Crippen LogP contribution in [-0.4, -0.2) is 62.6 Å². The van der Waals surface area contributed by atoms with Crippen LogP contribution in [0.5, 0.6) is 0 Å². The van der Waals surface area contributed by atoms with Gasteiger partial charge in [0.2, 0.25) is 5.91 Å². The van der Waals surface area contributed by atoms with Gasteiger partial charge in [-0.05, 0) is 26.3 Å². The van der Waals surface area contributed by atoms with Gasteiger partial charge in [-0.3, -0.25) is 24.5 Å². The second kappa shape index (κ2) is 6.04. The molecule has 0 N–H and O–H groups in total. The average Bonchev–Trinajstić information content (AvgIpc) is 3.09. The number of hydrogen-bond donors (Lipinski definition) is 0. The number of nitrogens with zero attached hydrogens (tertiary/aromatic N) is 5. The number of aromatic nitrogens is 2. The van der Waals surface area contributed by atoms with Crippen LogP contribution in [-0.2, 0) is 11.3 Å². The predicted octanol–water partition coefficient (Wildman–Crippen LogP) is 0.796. The molecule has 0 saturated carbocycles. The largest absolute Gasteiger partial charge is 0.340 e. The Bertz CT molecular complexity index is 585. The maximum atomic E-state index is 12.3. The molecule has 22 heavy (non-hydrogen) atoms. The summed E-state index contributed by atoms with van der Waals surface area (Å²) in [6.45, 7) is 5.71. The van der Waals surface area contributed by atoms with E-state index in [1.54, 1.807) is 6.92 Å². The fraction of sp³-hybridized carbons (Fsp3) is 0.714. The third-order valence-corrected chi connectivity index (χ3v) is 4.61. The predicted molar refractivity (Wildman–Crippen MR) is 79.4 cm³/mol. The number of carbonyl (C=O) groups is 1. The van der Waals surface area contributed by atoms with Crippen molar-refractivity contribution in [2.75, 3.05) is 26.2 Å². The SMILES string of the molecule is Cc1nn(CCC(=O)N2CCN3CCC[C@H]3C2)cc1[N+](=O)[O-]. The quantitative estimate of drug-likeness (QED) is 0.606. The third-order valence-electron chi connectivity index (χ3n) is 4.61. The Balaban J connectivity index is 1.54. The molecule has 0 unspecified atom stereocenters. The van der Waals surface area contributed by atoms with Crippen molar-refractivity contribution in [3.05, 3.63) is 22.0 Å². The molecule has 0 aliphatic carbocycles. The summed E-state index contributed by atoms with van der Waals surface area (Å²) in [5.41, 5.74) is 0.393. The Morgan fingerprint density at radius 1 is 1.45 bits per heavy atom. The molecule has 120 valence electrons. The van der Waals surface area contributed by atoms with Gasteiger partial charge in [0.15, 0.2) is 0 Å². The normalized spacial score (nSPS) is 21.9. The standard InChI is InChI=1S/C14H21N5O3/c1-11-13(19(21)22)10-18(15-11)6-4-14(20)17-8-7-16-5-2-3-12(16)9-17/h10,12H,2-9H2,1H3/t12-/m0/s1. The third kappa shape index (κ3) is 2.96. The van der Waals surface area contributed by atoms with Crippen molar-refractivity contribution in [2.45, 2.75) is 38.8 Å². The minimum Gasteiger partial charge on any atom is -0.340 e. The highest BCUT2D eigenvalue weighted by atomic mass is 16.6. The monoisotopic (exact) mass is 307 g/mol. The first-order valence-electron chi connectivity index (χ1n) is 7.75. The topological polar surface area (TPSA) is 84.5 Å². The highest BCUT2D eigenvalue weighted by molar-refractivity contribution is 5.76. The van der Waals surface area contributed by atoms with Crippen LogP contribution in [0.3, 0.4) is 0 Å². The van der Waals surface area contributed by atoms with Gasteiger partial charge in [0.05, 0.1) is 4.92 Å². The zero-order valence-corrected chi connectivity index (χ0v) is 12.8. The van der Waals surface area contributed by atoms with E-state index in [0.717, 1.165) is 26.2 Å². The lowest BCUT2D eigenvalue weighted by Crippen LogP contribution is -2.52. The molecule has 0 bridgehead atoms. The van der Waals surface area contributed by atoms with Gasteiger partial charge in [-0.25, -0.2) is 0 Å². The number of aryl methyl sites for hydroxylation is 2. The number of amides is 1. The summed E-state index contributed by atoms with van der Waals surface area (Å²) in [6, 6.07) is 0.519. The number of piperazine rings is 1. The van der Waals surface area contributed by atoms with Crippen LogP contribution in [0.4, 0.5) is 5.69 Å². The molecule has 1 aromatic heterocycles. The van der Waals surface area contributed by atoms with E-state index in [2.05, 4.69) is 10.00 Å².